The molecule has 0 amide bonds. The second-order valence-electron chi connectivity index (χ2n) is 7.09. The fourth-order valence-corrected chi connectivity index (χ4v) is 3.44. The van der Waals surface area contributed by atoms with Crippen molar-refractivity contribution in [2.24, 2.45) is 16.7 Å². The predicted molar refractivity (Wildman–Crippen MR) is 82.1 cm³/mol. The first-order chi connectivity index (χ1) is 9.68. The average Bonchev–Trinajstić information content (AvgIpc) is 2.80. The van der Waals surface area contributed by atoms with E-state index >= 15 is 0 Å². The van der Waals surface area contributed by atoms with E-state index < -0.39 is 5.92 Å². The average molecular weight is 285 g/mol. The Bertz CT molecular complexity index is 609. The Morgan fingerprint density at radius 2 is 1.86 bits per heavy atom. The monoisotopic (exact) mass is 285 g/mol. The Morgan fingerprint density at radius 1 is 1.29 bits per heavy atom. The quantitative estimate of drug-likeness (QED) is 0.844. The van der Waals surface area contributed by atoms with Gasteiger partial charge in [0, 0.05) is 11.5 Å². The van der Waals surface area contributed by atoms with Crippen LogP contribution >= 0.6 is 0 Å². The van der Waals surface area contributed by atoms with Gasteiger partial charge >= 0.3 is 0 Å². The van der Waals surface area contributed by atoms with Gasteiger partial charge in [-0.2, -0.15) is 5.26 Å². The van der Waals surface area contributed by atoms with Crippen LogP contribution in [0.25, 0.3) is 0 Å². The molecule has 1 atom stereocenters. The molecule has 0 heterocycles. The van der Waals surface area contributed by atoms with Crippen molar-refractivity contribution in [1.29, 1.82) is 5.26 Å². The normalized spacial score (nSPS) is 20.4. The summed E-state index contributed by atoms with van der Waals surface area (Å²) >= 11 is 0. The number of carbonyl (C=O) groups is 1. The van der Waals surface area contributed by atoms with Gasteiger partial charge in [0.2, 0.25) is 0 Å². The molecule has 1 aromatic carbocycles. The summed E-state index contributed by atoms with van der Waals surface area (Å²) in [7, 11) is 1.57. The number of nitrogens with zero attached hydrogens (tertiary/aromatic N) is 1. The zero-order valence-electron chi connectivity index (χ0n) is 13.7. The second-order valence-corrected chi connectivity index (χ2v) is 7.09. The number of nitriles is 1. The maximum Gasteiger partial charge on any atom is 0.158 e. The highest BCUT2D eigenvalue weighted by atomic mass is 16.5. The molecule has 0 bridgehead atoms. The summed E-state index contributed by atoms with van der Waals surface area (Å²) in [6.07, 6.45) is 0. The van der Waals surface area contributed by atoms with Crippen molar-refractivity contribution < 1.29 is 9.53 Å². The molecule has 0 saturated heterocycles. The zero-order valence-corrected chi connectivity index (χ0v) is 13.7. The van der Waals surface area contributed by atoms with Crippen LogP contribution in [0.4, 0.5) is 0 Å². The van der Waals surface area contributed by atoms with Crippen LogP contribution in [0.1, 0.15) is 44.7 Å². The number of benzene rings is 1. The predicted octanol–water partition coefficient (Wildman–Crippen LogP) is 3.86. The molecule has 1 aromatic rings. The van der Waals surface area contributed by atoms with E-state index in [1.54, 1.807) is 7.11 Å². The fourth-order valence-electron chi connectivity index (χ4n) is 3.44. The second kappa shape index (κ2) is 4.87. The van der Waals surface area contributed by atoms with E-state index in [9.17, 15) is 10.1 Å². The zero-order chi connectivity index (χ0) is 16.0. The van der Waals surface area contributed by atoms with Crippen LogP contribution in [0, 0.1) is 35.0 Å². The molecule has 3 nitrogen and oxygen atoms in total. The summed E-state index contributed by atoms with van der Waals surface area (Å²) in [4.78, 5) is 12.9. The van der Waals surface area contributed by atoms with E-state index in [0.29, 0.717) is 11.3 Å². The van der Waals surface area contributed by atoms with Crippen molar-refractivity contribution in [2.75, 3.05) is 7.11 Å². The maximum atomic E-state index is 12.9. The van der Waals surface area contributed by atoms with Gasteiger partial charge in [0.25, 0.3) is 0 Å². The molecule has 0 aliphatic heterocycles. The van der Waals surface area contributed by atoms with Crippen molar-refractivity contribution in [3.05, 3.63) is 29.3 Å². The summed E-state index contributed by atoms with van der Waals surface area (Å²) < 4.78 is 5.33. The van der Waals surface area contributed by atoms with Crippen LogP contribution in [0.2, 0.25) is 0 Å². The van der Waals surface area contributed by atoms with E-state index in [2.05, 4.69) is 33.8 Å². The van der Waals surface area contributed by atoms with Crippen molar-refractivity contribution in [2.45, 2.75) is 40.5 Å². The standard InChI is InChI=1S/C18H23NO2/c1-11-7-8-14(21-6)12(9-11)13(10-19)15(20)16-17(2,3)18(16,4)5/h7-9,13,16H,1-6H3. The highest BCUT2D eigenvalue weighted by Gasteiger charge is 2.68. The van der Waals surface area contributed by atoms with Gasteiger partial charge in [0.1, 0.15) is 11.7 Å². The Kier molecular flexibility index (Phi) is 3.61. The Labute approximate surface area is 126 Å². The lowest BCUT2D eigenvalue weighted by Gasteiger charge is -2.14. The molecule has 0 aromatic heterocycles. The molecule has 0 radical (unpaired) electrons. The van der Waals surface area contributed by atoms with Gasteiger partial charge in [-0.05, 0) is 23.8 Å². The molecule has 3 heteroatoms. The molecule has 1 saturated carbocycles. The molecule has 2 rings (SSSR count). The van der Waals surface area contributed by atoms with E-state index in [4.69, 9.17) is 4.74 Å². The van der Waals surface area contributed by atoms with Crippen molar-refractivity contribution in [3.8, 4) is 11.8 Å². The highest BCUT2D eigenvalue weighted by molar-refractivity contribution is 5.94. The number of hydrogen-bond donors (Lipinski definition) is 0. The lowest BCUT2D eigenvalue weighted by atomic mass is 9.89. The fraction of sp³-hybridized carbons (Fsp3) is 0.556. The smallest absolute Gasteiger partial charge is 0.158 e. The molecule has 21 heavy (non-hydrogen) atoms. The Morgan fingerprint density at radius 3 is 2.29 bits per heavy atom. The first kappa shape index (κ1) is 15.6. The van der Waals surface area contributed by atoms with Crippen LogP contribution in [-0.2, 0) is 4.79 Å². The van der Waals surface area contributed by atoms with Crippen LogP contribution in [0.5, 0.6) is 5.75 Å². The number of Topliss-reactive ketones (excluding diaryl/α,β-unsaturated/α-hetero) is 1. The van der Waals surface area contributed by atoms with Crippen LogP contribution in [-0.4, -0.2) is 12.9 Å². The molecular weight excluding hydrogens is 262 g/mol. The van der Waals surface area contributed by atoms with E-state index in [1.165, 1.54) is 0 Å². The molecule has 1 aliphatic carbocycles. The summed E-state index contributed by atoms with van der Waals surface area (Å²) in [5, 5.41) is 9.55. The largest absolute Gasteiger partial charge is 0.496 e. The van der Waals surface area contributed by atoms with Gasteiger partial charge < -0.3 is 4.74 Å². The van der Waals surface area contributed by atoms with Crippen molar-refractivity contribution in [1.82, 2.24) is 0 Å². The van der Waals surface area contributed by atoms with Crippen molar-refractivity contribution in [3.63, 3.8) is 0 Å². The van der Waals surface area contributed by atoms with Gasteiger partial charge in [0.15, 0.2) is 5.78 Å². The number of methoxy groups -OCH3 is 1. The number of rotatable bonds is 4. The molecule has 112 valence electrons. The molecule has 1 unspecified atom stereocenters. The number of aryl methyl sites for hydroxylation is 1. The maximum absolute atomic E-state index is 12.9. The molecular formula is C18H23NO2. The third-order valence-electron chi connectivity index (χ3n) is 5.42. The molecule has 1 fully saturated rings. The minimum absolute atomic E-state index is 0.0106. The molecule has 0 N–H and O–H groups in total. The number of hydrogen-bond acceptors (Lipinski definition) is 3. The summed E-state index contributed by atoms with van der Waals surface area (Å²) in [5.74, 6) is -0.223. The summed E-state index contributed by atoms with van der Waals surface area (Å²) in [6.45, 7) is 10.3. The third kappa shape index (κ3) is 2.23. The lowest BCUT2D eigenvalue weighted by Crippen LogP contribution is -2.17. The van der Waals surface area contributed by atoms with E-state index in [1.807, 2.05) is 25.1 Å². The minimum atomic E-state index is -0.758. The van der Waals surface area contributed by atoms with Crippen molar-refractivity contribution >= 4 is 5.78 Å². The first-order valence-electron chi connectivity index (χ1n) is 7.26. The number of ketones is 1. The number of carbonyl (C=O) groups excluding carboxylic acids is 1. The van der Waals surface area contributed by atoms with Gasteiger partial charge in [-0.1, -0.05) is 45.4 Å². The van der Waals surface area contributed by atoms with Gasteiger partial charge in [-0.15, -0.1) is 0 Å². The van der Waals surface area contributed by atoms with Gasteiger partial charge in [-0.25, -0.2) is 0 Å². The van der Waals surface area contributed by atoms with Crippen LogP contribution in [0.3, 0.4) is 0 Å². The third-order valence-corrected chi connectivity index (χ3v) is 5.42. The topological polar surface area (TPSA) is 50.1 Å². The van der Waals surface area contributed by atoms with Gasteiger partial charge in [0.05, 0.1) is 13.2 Å². The minimum Gasteiger partial charge on any atom is -0.496 e. The lowest BCUT2D eigenvalue weighted by molar-refractivity contribution is -0.121. The molecule has 1 aliphatic rings. The Hall–Kier alpha value is -1.82. The van der Waals surface area contributed by atoms with E-state index in [0.717, 1.165) is 5.56 Å². The summed E-state index contributed by atoms with van der Waals surface area (Å²) in [5.41, 5.74) is 1.59. The van der Waals surface area contributed by atoms with E-state index in [-0.39, 0.29) is 22.5 Å². The van der Waals surface area contributed by atoms with Gasteiger partial charge in [-0.3, -0.25) is 4.79 Å². The highest BCUT2D eigenvalue weighted by Crippen LogP contribution is 2.69. The first-order valence-corrected chi connectivity index (χ1v) is 7.26. The number of ether oxygens (including phenoxy) is 1. The molecule has 0 spiro atoms. The van der Waals surface area contributed by atoms with Crippen LogP contribution < -0.4 is 4.74 Å². The van der Waals surface area contributed by atoms with Crippen LogP contribution in [0.15, 0.2) is 18.2 Å². The summed E-state index contributed by atoms with van der Waals surface area (Å²) in [6, 6.07) is 7.82. The Balaban J connectivity index is 2.41. The SMILES string of the molecule is COc1ccc(C)cc1C(C#N)C(=O)C1C(C)(C)C1(C)C.